The number of benzene rings is 11. The van der Waals surface area contributed by atoms with E-state index in [1.807, 2.05) is 0 Å². The van der Waals surface area contributed by atoms with Crippen molar-refractivity contribution in [1.82, 2.24) is 4.57 Å². The fourth-order valence-electron chi connectivity index (χ4n) is 11.8. The third-order valence-corrected chi connectivity index (χ3v) is 14.6. The molecular formula is C65H42N2. The first kappa shape index (κ1) is 37.6. The normalized spacial score (nSPS) is 14.3. The van der Waals surface area contributed by atoms with E-state index in [1.54, 1.807) is 0 Å². The van der Waals surface area contributed by atoms with E-state index < -0.39 is 5.41 Å². The minimum atomic E-state index is -0.570. The first-order valence-corrected chi connectivity index (χ1v) is 23.3. The van der Waals surface area contributed by atoms with Gasteiger partial charge in [-0.1, -0.05) is 218 Å². The Labute approximate surface area is 389 Å². The highest BCUT2D eigenvalue weighted by molar-refractivity contribution is 6.13. The predicted octanol–water partition coefficient (Wildman–Crippen LogP) is 17.1. The van der Waals surface area contributed by atoms with Crippen molar-refractivity contribution in [2.24, 2.45) is 0 Å². The van der Waals surface area contributed by atoms with Gasteiger partial charge in [-0.05, 0) is 103 Å². The number of hydrogen-bond donors (Lipinski definition) is 0. The first-order valence-electron chi connectivity index (χ1n) is 23.3. The highest BCUT2D eigenvalue weighted by Gasteiger charge is 2.51. The second kappa shape index (κ2) is 14.7. The molecule has 2 nitrogen and oxygen atoms in total. The Morgan fingerprint density at radius 1 is 0.313 bits per heavy atom. The van der Waals surface area contributed by atoms with Crippen molar-refractivity contribution in [2.75, 3.05) is 4.90 Å². The molecule has 1 unspecified atom stereocenters. The molecule has 2 heterocycles. The van der Waals surface area contributed by atoms with Crippen LogP contribution >= 0.6 is 0 Å². The quantitative estimate of drug-likeness (QED) is 0.162. The molecule has 2 aliphatic rings. The minimum absolute atomic E-state index is 0.570. The maximum atomic E-state index is 2.52. The van der Waals surface area contributed by atoms with E-state index in [0.29, 0.717) is 0 Å². The molecule has 14 rings (SSSR count). The topological polar surface area (TPSA) is 8.17 Å². The molecule has 1 aliphatic carbocycles. The van der Waals surface area contributed by atoms with Gasteiger partial charge >= 0.3 is 0 Å². The van der Waals surface area contributed by atoms with Crippen molar-refractivity contribution in [3.63, 3.8) is 0 Å². The Bertz CT molecular complexity index is 3910. The van der Waals surface area contributed by atoms with Crippen LogP contribution in [-0.2, 0) is 5.41 Å². The van der Waals surface area contributed by atoms with Crippen LogP contribution in [0.25, 0.3) is 82.8 Å². The third-order valence-electron chi connectivity index (χ3n) is 14.6. The summed E-state index contributed by atoms with van der Waals surface area (Å²) in [6.07, 6.45) is 0. The minimum Gasteiger partial charge on any atom is -0.309 e. The van der Waals surface area contributed by atoms with Crippen LogP contribution in [0.1, 0.15) is 22.3 Å². The average Bonchev–Trinajstić information content (AvgIpc) is 3.90. The van der Waals surface area contributed by atoms with Crippen molar-refractivity contribution in [1.29, 1.82) is 0 Å². The lowest BCUT2D eigenvalue weighted by molar-refractivity contribution is 0.748. The van der Waals surface area contributed by atoms with Crippen LogP contribution in [0.5, 0.6) is 0 Å². The van der Waals surface area contributed by atoms with E-state index in [-0.39, 0.29) is 0 Å². The number of rotatable bonds is 6. The molecule has 12 aromatic rings. The standard InChI is InChI=1S/C65H42N2/c1-2-17-43(18-3-1)44-35-37-47(38-36-44)51-22-7-11-31-59(51)66(48-41-39-46(40-42-48)50-25-14-20-45-19-4-5-21-49(45)50)62-34-16-29-57-63(62)54-24-6-9-27-55(54)65(57)56-28-10-13-33-61(56)67-60-32-12-8-23-52(60)53-26-15-30-58(65)64(53)67/h1-42H. The molecule has 1 atom stereocenters. The summed E-state index contributed by atoms with van der Waals surface area (Å²) in [5.74, 6) is 0. The predicted molar refractivity (Wildman–Crippen MR) is 280 cm³/mol. The smallest absolute Gasteiger partial charge is 0.0755 e. The Hall–Kier alpha value is -8.72. The molecule has 312 valence electrons. The van der Waals surface area contributed by atoms with E-state index in [0.717, 1.165) is 28.2 Å². The zero-order valence-corrected chi connectivity index (χ0v) is 36.6. The number of hydrogen-bond acceptors (Lipinski definition) is 1. The molecule has 0 radical (unpaired) electrons. The van der Waals surface area contributed by atoms with Crippen LogP contribution in [0.4, 0.5) is 17.1 Å². The molecule has 1 spiro atoms. The number of anilines is 3. The van der Waals surface area contributed by atoms with E-state index in [1.165, 1.54) is 93.9 Å². The lowest BCUT2D eigenvalue weighted by Gasteiger charge is -2.39. The Kier molecular flexibility index (Phi) is 8.23. The lowest BCUT2D eigenvalue weighted by atomic mass is 9.65. The highest BCUT2D eigenvalue weighted by Crippen LogP contribution is 2.63. The Balaban J connectivity index is 1.03. The van der Waals surface area contributed by atoms with E-state index in [9.17, 15) is 0 Å². The van der Waals surface area contributed by atoms with Crippen LogP contribution in [-0.4, -0.2) is 4.57 Å². The van der Waals surface area contributed by atoms with Gasteiger partial charge in [0.05, 0.1) is 33.5 Å². The summed E-state index contributed by atoms with van der Waals surface area (Å²) < 4.78 is 2.52. The number of nitrogens with zero attached hydrogens (tertiary/aromatic N) is 2. The summed E-state index contributed by atoms with van der Waals surface area (Å²) >= 11 is 0. The molecule has 0 saturated carbocycles. The first-order chi connectivity index (χ1) is 33.3. The molecule has 0 saturated heterocycles. The van der Waals surface area contributed by atoms with Crippen LogP contribution < -0.4 is 4.90 Å². The summed E-state index contributed by atoms with van der Waals surface area (Å²) in [6.45, 7) is 0. The molecule has 67 heavy (non-hydrogen) atoms. The summed E-state index contributed by atoms with van der Waals surface area (Å²) in [7, 11) is 0. The van der Waals surface area contributed by atoms with Crippen molar-refractivity contribution in [3.8, 4) is 50.2 Å². The molecule has 1 aromatic heterocycles. The summed E-state index contributed by atoms with van der Waals surface area (Å²) in [5.41, 5.74) is 21.4. The number of para-hydroxylation sites is 4. The van der Waals surface area contributed by atoms with Crippen LogP contribution in [0, 0.1) is 0 Å². The average molecular weight is 851 g/mol. The van der Waals surface area contributed by atoms with Gasteiger partial charge in [0.15, 0.2) is 0 Å². The van der Waals surface area contributed by atoms with Crippen molar-refractivity contribution in [3.05, 3.63) is 277 Å². The largest absolute Gasteiger partial charge is 0.309 e. The monoisotopic (exact) mass is 850 g/mol. The van der Waals surface area contributed by atoms with Gasteiger partial charge in [0.25, 0.3) is 0 Å². The van der Waals surface area contributed by atoms with Crippen LogP contribution in [0.2, 0.25) is 0 Å². The van der Waals surface area contributed by atoms with Gasteiger partial charge in [0.1, 0.15) is 0 Å². The van der Waals surface area contributed by atoms with Crippen LogP contribution in [0.15, 0.2) is 255 Å². The fraction of sp³-hybridized carbons (Fsp3) is 0.0154. The molecule has 0 fully saturated rings. The maximum Gasteiger partial charge on any atom is 0.0755 e. The molecule has 0 N–H and O–H groups in total. The number of fused-ring (bicyclic) bond motifs is 13. The third kappa shape index (κ3) is 5.39. The van der Waals surface area contributed by atoms with Crippen molar-refractivity contribution < 1.29 is 0 Å². The van der Waals surface area contributed by atoms with Crippen molar-refractivity contribution >= 4 is 49.6 Å². The zero-order chi connectivity index (χ0) is 44.1. The van der Waals surface area contributed by atoms with Gasteiger partial charge in [-0.25, -0.2) is 0 Å². The van der Waals surface area contributed by atoms with Gasteiger partial charge in [0.2, 0.25) is 0 Å². The molecule has 2 heteroatoms. The van der Waals surface area contributed by atoms with Crippen molar-refractivity contribution in [2.45, 2.75) is 5.41 Å². The van der Waals surface area contributed by atoms with Gasteiger partial charge in [-0.2, -0.15) is 0 Å². The van der Waals surface area contributed by atoms with Gasteiger partial charge < -0.3 is 9.47 Å². The fourth-order valence-corrected chi connectivity index (χ4v) is 11.8. The van der Waals surface area contributed by atoms with Gasteiger partial charge in [-0.3, -0.25) is 0 Å². The highest BCUT2D eigenvalue weighted by atomic mass is 15.1. The second-order valence-electron chi connectivity index (χ2n) is 17.9. The maximum absolute atomic E-state index is 2.52. The SMILES string of the molecule is c1ccc(-c2ccc(-c3ccccc3N(c3ccc(-c4cccc5ccccc45)cc3)c3cccc4c3-c3ccccc3C43c4ccccc4-n4c5ccccc5c5cccc3c54)cc2)cc1. The zero-order valence-electron chi connectivity index (χ0n) is 36.6. The molecule has 0 bridgehead atoms. The summed E-state index contributed by atoms with van der Waals surface area (Å²) in [4.78, 5) is 2.52. The van der Waals surface area contributed by atoms with E-state index >= 15 is 0 Å². The van der Waals surface area contributed by atoms with E-state index in [4.69, 9.17) is 0 Å². The van der Waals surface area contributed by atoms with Crippen LogP contribution in [0.3, 0.4) is 0 Å². The van der Waals surface area contributed by atoms with Gasteiger partial charge in [0, 0.05) is 27.6 Å². The Morgan fingerprint density at radius 3 is 1.72 bits per heavy atom. The molecular weight excluding hydrogens is 809 g/mol. The molecule has 11 aromatic carbocycles. The van der Waals surface area contributed by atoms with E-state index in [2.05, 4.69) is 264 Å². The summed E-state index contributed by atoms with van der Waals surface area (Å²) in [6, 6.07) is 94.4. The molecule has 0 amide bonds. The second-order valence-corrected chi connectivity index (χ2v) is 17.9. The Morgan fingerprint density at radius 2 is 0.851 bits per heavy atom. The van der Waals surface area contributed by atoms with Gasteiger partial charge in [-0.15, -0.1) is 0 Å². The lowest BCUT2D eigenvalue weighted by Crippen LogP contribution is -2.33. The summed E-state index contributed by atoms with van der Waals surface area (Å²) in [5, 5.41) is 5.05. The number of aromatic nitrogens is 1. The molecule has 1 aliphatic heterocycles.